The zero-order valence-electron chi connectivity index (χ0n) is 6.63. The second-order valence-corrected chi connectivity index (χ2v) is 2.23. The molecule has 1 unspecified atom stereocenters. The molecule has 0 radical (unpaired) electrons. The Morgan fingerprint density at radius 3 is 1.89 bits per heavy atom. The van der Waals surface area contributed by atoms with E-state index >= 15 is 0 Å². The largest absolute Gasteiger partial charge is 0.377 e. The van der Waals surface area contributed by atoms with Crippen molar-refractivity contribution in [3.8, 4) is 0 Å². The van der Waals surface area contributed by atoms with E-state index < -0.39 is 0 Å². The molecule has 0 aromatic carbocycles. The smallest absolute Gasteiger partial charge is 0.117 e. The van der Waals surface area contributed by atoms with Crippen LogP contribution in [-0.4, -0.2) is 42.0 Å². The van der Waals surface area contributed by atoms with E-state index in [1.165, 1.54) is 0 Å². The highest BCUT2D eigenvalue weighted by atomic mass is 16.3. The third-order valence-corrected chi connectivity index (χ3v) is 1.27. The predicted molar refractivity (Wildman–Crippen MR) is 37.7 cm³/mol. The van der Waals surface area contributed by atoms with Gasteiger partial charge in [-0.15, -0.1) is 0 Å². The highest BCUT2D eigenvalue weighted by molar-refractivity contribution is 4.46. The zero-order chi connectivity index (χ0) is 7.44. The van der Waals surface area contributed by atoms with E-state index in [4.69, 9.17) is 5.11 Å². The lowest BCUT2D eigenvalue weighted by atomic mass is 10.6. The van der Waals surface area contributed by atoms with Gasteiger partial charge in [-0.3, -0.25) is 0 Å². The molecule has 0 amide bonds. The summed E-state index contributed by atoms with van der Waals surface area (Å²) >= 11 is 0. The number of rotatable bonds is 3. The van der Waals surface area contributed by atoms with Gasteiger partial charge >= 0.3 is 0 Å². The molecule has 9 heavy (non-hydrogen) atoms. The normalized spacial score (nSPS) is 15.0. The molecule has 1 N–H and O–H groups in total. The van der Waals surface area contributed by atoms with Crippen LogP contribution >= 0.6 is 0 Å². The Bertz CT molecular complexity index is 65.5. The molecule has 1 atom stereocenters. The fraction of sp³-hybridized carbons (Fsp3) is 1.00. The van der Waals surface area contributed by atoms with Gasteiger partial charge in [-0.25, -0.2) is 10.0 Å². The number of hydrogen-bond donors (Lipinski definition) is 1. The SMILES string of the molecule is CCN(C(C)O)N(C)C. The van der Waals surface area contributed by atoms with Gasteiger partial charge < -0.3 is 5.11 Å². The molecule has 0 saturated carbocycles. The molecule has 0 saturated heterocycles. The summed E-state index contributed by atoms with van der Waals surface area (Å²) < 4.78 is 0. The molecule has 0 fully saturated rings. The van der Waals surface area contributed by atoms with Gasteiger partial charge in [0, 0.05) is 20.6 Å². The van der Waals surface area contributed by atoms with Crippen LogP contribution in [-0.2, 0) is 0 Å². The van der Waals surface area contributed by atoms with Gasteiger partial charge in [0.1, 0.15) is 6.23 Å². The lowest BCUT2D eigenvalue weighted by Crippen LogP contribution is -2.42. The summed E-state index contributed by atoms with van der Waals surface area (Å²) in [6.45, 7) is 4.60. The number of aliphatic hydroxyl groups excluding tert-OH is 1. The summed E-state index contributed by atoms with van der Waals surface area (Å²) in [6, 6.07) is 0. The first-order chi connectivity index (χ1) is 4.09. The van der Waals surface area contributed by atoms with E-state index in [1.54, 1.807) is 6.92 Å². The fourth-order valence-corrected chi connectivity index (χ4v) is 0.881. The predicted octanol–water partition coefficient (Wildman–Crippen LogP) is 0.123. The summed E-state index contributed by atoms with van der Waals surface area (Å²) in [4.78, 5) is 0. The molecular formula is C6H16N2O. The van der Waals surface area contributed by atoms with Crippen molar-refractivity contribution in [1.82, 2.24) is 10.0 Å². The Balaban J connectivity index is 3.68. The van der Waals surface area contributed by atoms with Gasteiger partial charge in [0.2, 0.25) is 0 Å². The van der Waals surface area contributed by atoms with Crippen molar-refractivity contribution < 1.29 is 5.11 Å². The molecule has 0 spiro atoms. The molecular weight excluding hydrogens is 116 g/mol. The molecule has 3 nitrogen and oxygen atoms in total. The summed E-state index contributed by atoms with van der Waals surface area (Å²) in [6.07, 6.45) is -0.384. The Hall–Kier alpha value is -0.120. The van der Waals surface area contributed by atoms with E-state index in [0.717, 1.165) is 6.54 Å². The average molecular weight is 132 g/mol. The Morgan fingerprint density at radius 2 is 1.89 bits per heavy atom. The first kappa shape index (κ1) is 8.88. The Morgan fingerprint density at radius 1 is 1.44 bits per heavy atom. The molecule has 56 valence electrons. The molecule has 0 aromatic rings. The van der Waals surface area contributed by atoms with Crippen LogP contribution in [0.2, 0.25) is 0 Å². The van der Waals surface area contributed by atoms with Crippen molar-refractivity contribution >= 4 is 0 Å². The number of aliphatic hydroxyl groups is 1. The van der Waals surface area contributed by atoms with Crippen molar-refractivity contribution in [2.45, 2.75) is 20.1 Å². The van der Waals surface area contributed by atoms with Gasteiger partial charge in [0.05, 0.1) is 0 Å². The maximum Gasteiger partial charge on any atom is 0.117 e. The molecule has 0 aliphatic rings. The lowest BCUT2D eigenvalue weighted by Gasteiger charge is -2.29. The first-order valence-electron chi connectivity index (χ1n) is 3.21. The van der Waals surface area contributed by atoms with E-state index in [-0.39, 0.29) is 6.23 Å². The molecule has 3 heteroatoms. The average Bonchev–Trinajstić information content (AvgIpc) is 1.64. The van der Waals surface area contributed by atoms with Crippen molar-refractivity contribution in [3.05, 3.63) is 0 Å². The molecule has 0 aliphatic carbocycles. The Labute approximate surface area is 56.8 Å². The quantitative estimate of drug-likeness (QED) is 0.436. The van der Waals surface area contributed by atoms with Crippen molar-refractivity contribution in [2.24, 2.45) is 0 Å². The second-order valence-electron chi connectivity index (χ2n) is 2.23. The van der Waals surface area contributed by atoms with Crippen LogP contribution in [0.25, 0.3) is 0 Å². The van der Waals surface area contributed by atoms with Gasteiger partial charge in [0.15, 0.2) is 0 Å². The molecule has 0 aliphatic heterocycles. The van der Waals surface area contributed by atoms with Gasteiger partial charge in [-0.2, -0.15) is 0 Å². The zero-order valence-corrected chi connectivity index (χ0v) is 6.63. The van der Waals surface area contributed by atoms with Crippen LogP contribution in [0.4, 0.5) is 0 Å². The maximum atomic E-state index is 9.07. The van der Waals surface area contributed by atoms with E-state index in [2.05, 4.69) is 0 Å². The van der Waals surface area contributed by atoms with Crippen LogP contribution in [0.5, 0.6) is 0 Å². The minimum absolute atomic E-state index is 0.384. The fourth-order valence-electron chi connectivity index (χ4n) is 0.881. The van der Waals surface area contributed by atoms with E-state index in [0.29, 0.717) is 0 Å². The van der Waals surface area contributed by atoms with Gasteiger partial charge in [-0.05, 0) is 6.92 Å². The lowest BCUT2D eigenvalue weighted by molar-refractivity contribution is -0.101. The van der Waals surface area contributed by atoms with Crippen LogP contribution in [0.1, 0.15) is 13.8 Å². The van der Waals surface area contributed by atoms with Crippen molar-refractivity contribution in [3.63, 3.8) is 0 Å². The monoisotopic (exact) mass is 132 g/mol. The van der Waals surface area contributed by atoms with Crippen molar-refractivity contribution in [2.75, 3.05) is 20.6 Å². The molecule has 0 heterocycles. The second kappa shape index (κ2) is 3.82. The van der Waals surface area contributed by atoms with Crippen LogP contribution in [0.15, 0.2) is 0 Å². The third-order valence-electron chi connectivity index (χ3n) is 1.27. The molecule has 0 aromatic heterocycles. The number of hydrazine groups is 1. The first-order valence-corrected chi connectivity index (χ1v) is 3.21. The van der Waals surface area contributed by atoms with E-state index in [9.17, 15) is 0 Å². The minimum Gasteiger partial charge on any atom is -0.377 e. The van der Waals surface area contributed by atoms with Crippen molar-refractivity contribution in [1.29, 1.82) is 0 Å². The summed E-state index contributed by atoms with van der Waals surface area (Å²) in [7, 11) is 3.83. The van der Waals surface area contributed by atoms with Crippen LogP contribution in [0.3, 0.4) is 0 Å². The standard InChI is InChI=1S/C6H16N2O/c1-5-8(6(2)9)7(3)4/h6,9H,5H2,1-4H3. The molecule has 0 rings (SSSR count). The number of hydrogen-bond acceptors (Lipinski definition) is 3. The maximum absolute atomic E-state index is 9.07. The summed E-state index contributed by atoms with van der Waals surface area (Å²) in [5.41, 5.74) is 0. The topological polar surface area (TPSA) is 26.7 Å². The molecule has 0 bridgehead atoms. The van der Waals surface area contributed by atoms with Gasteiger partial charge in [0.25, 0.3) is 0 Å². The third kappa shape index (κ3) is 2.79. The Kier molecular flexibility index (Phi) is 3.77. The summed E-state index contributed by atoms with van der Waals surface area (Å²) in [5.74, 6) is 0. The van der Waals surface area contributed by atoms with Crippen LogP contribution in [0, 0.1) is 0 Å². The van der Waals surface area contributed by atoms with Crippen LogP contribution < -0.4 is 0 Å². The highest BCUT2D eigenvalue weighted by Gasteiger charge is 2.08. The van der Waals surface area contributed by atoms with Gasteiger partial charge in [-0.1, -0.05) is 6.92 Å². The highest BCUT2D eigenvalue weighted by Crippen LogP contribution is 1.95. The number of nitrogens with zero attached hydrogens (tertiary/aromatic N) is 2. The van der Waals surface area contributed by atoms with E-state index in [1.807, 2.05) is 31.0 Å². The summed E-state index contributed by atoms with van der Waals surface area (Å²) in [5, 5.41) is 12.8. The minimum atomic E-state index is -0.384.